The van der Waals surface area contributed by atoms with E-state index in [1.165, 1.54) is 0 Å². The first-order valence-electron chi connectivity index (χ1n) is 5.80. The topological polar surface area (TPSA) is 37.8 Å². The number of nitrogens with zero attached hydrogens (tertiary/aromatic N) is 2. The van der Waals surface area contributed by atoms with Crippen molar-refractivity contribution in [2.45, 2.75) is 26.1 Å². The second-order valence-electron chi connectivity index (χ2n) is 3.98. The van der Waals surface area contributed by atoms with E-state index in [4.69, 9.17) is 11.6 Å². The molecule has 0 amide bonds. The van der Waals surface area contributed by atoms with E-state index >= 15 is 0 Å². The van der Waals surface area contributed by atoms with Gasteiger partial charge in [0.15, 0.2) is 0 Å². The summed E-state index contributed by atoms with van der Waals surface area (Å²) in [6.45, 7) is 2.40. The maximum absolute atomic E-state index is 12.5. The van der Waals surface area contributed by atoms with Crippen molar-refractivity contribution in [2.75, 3.05) is 5.32 Å². The minimum absolute atomic E-state index is 0.0629. The Bertz CT molecular complexity index is 598. The van der Waals surface area contributed by atoms with Gasteiger partial charge in [0.05, 0.1) is 17.1 Å². The van der Waals surface area contributed by atoms with Gasteiger partial charge in [-0.2, -0.15) is 13.2 Å². The van der Waals surface area contributed by atoms with Crippen molar-refractivity contribution in [3.05, 3.63) is 38.9 Å². The van der Waals surface area contributed by atoms with Crippen LogP contribution in [0.25, 0.3) is 0 Å². The minimum atomic E-state index is -4.44. The first-order chi connectivity index (χ1) is 9.40. The van der Waals surface area contributed by atoms with Gasteiger partial charge in [-0.05, 0) is 12.5 Å². The van der Waals surface area contributed by atoms with Crippen molar-refractivity contribution < 1.29 is 13.2 Å². The Hall–Kier alpha value is -1.34. The summed E-state index contributed by atoms with van der Waals surface area (Å²) in [6, 6.07) is 0.857. The highest BCUT2D eigenvalue weighted by atomic mass is 35.5. The zero-order valence-electron chi connectivity index (χ0n) is 10.5. The van der Waals surface area contributed by atoms with Gasteiger partial charge >= 0.3 is 6.18 Å². The molecule has 0 aromatic carbocycles. The molecular weight excluding hydrogens is 311 g/mol. The molecule has 2 aromatic rings. The molecule has 0 spiro atoms. The highest BCUT2D eigenvalue weighted by Gasteiger charge is 2.31. The molecule has 3 nitrogen and oxygen atoms in total. The smallest absolute Gasteiger partial charge is 0.362 e. The summed E-state index contributed by atoms with van der Waals surface area (Å²) in [5, 5.41) is 3.65. The summed E-state index contributed by atoms with van der Waals surface area (Å²) in [6.07, 6.45) is -1.01. The summed E-state index contributed by atoms with van der Waals surface area (Å²) >= 11 is 7.33. The summed E-state index contributed by atoms with van der Waals surface area (Å²) in [7, 11) is 0. The molecule has 20 heavy (non-hydrogen) atoms. The van der Waals surface area contributed by atoms with Crippen LogP contribution in [0.1, 0.15) is 22.4 Å². The number of halogens is 4. The second kappa shape index (κ2) is 5.97. The number of pyridine rings is 1. The van der Waals surface area contributed by atoms with E-state index in [2.05, 4.69) is 15.3 Å². The molecule has 2 rings (SSSR count). The van der Waals surface area contributed by atoms with Crippen LogP contribution in [-0.4, -0.2) is 9.97 Å². The summed E-state index contributed by atoms with van der Waals surface area (Å²) in [5.41, 5.74) is -0.865. The Kier molecular flexibility index (Phi) is 4.49. The standard InChI is InChI=1S/C12H11ClF3N3S/c1-2-8-5-17-10(20-8)6-19-11-9(13)3-7(4-18-11)12(14,15)16/h3-5H,2,6H2,1H3,(H,18,19). The molecule has 0 aliphatic carbocycles. The van der Waals surface area contributed by atoms with Crippen molar-refractivity contribution in [3.63, 3.8) is 0 Å². The van der Waals surface area contributed by atoms with Crippen LogP contribution in [0.5, 0.6) is 0 Å². The van der Waals surface area contributed by atoms with E-state index in [9.17, 15) is 13.2 Å². The molecule has 108 valence electrons. The predicted molar refractivity (Wildman–Crippen MR) is 73.1 cm³/mol. The van der Waals surface area contributed by atoms with E-state index in [-0.39, 0.29) is 10.8 Å². The monoisotopic (exact) mass is 321 g/mol. The maximum atomic E-state index is 12.5. The first-order valence-corrected chi connectivity index (χ1v) is 6.99. The van der Waals surface area contributed by atoms with E-state index in [1.54, 1.807) is 17.5 Å². The highest BCUT2D eigenvalue weighted by Crippen LogP contribution is 2.32. The number of thiazole rings is 1. The number of aromatic nitrogens is 2. The lowest BCUT2D eigenvalue weighted by molar-refractivity contribution is -0.137. The normalized spacial score (nSPS) is 11.7. The summed E-state index contributed by atoms with van der Waals surface area (Å²) in [5.74, 6) is 0.216. The van der Waals surface area contributed by atoms with E-state index in [0.717, 1.165) is 28.6 Å². The lowest BCUT2D eigenvalue weighted by atomic mass is 10.3. The van der Waals surface area contributed by atoms with Crippen LogP contribution in [0.2, 0.25) is 5.02 Å². The van der Waals surface area contributed by atoms with E-state index in [1.807, 2.05) is 6.92 Å². The molecule has 0 fully saturated rings. The van der Waals surface area contributed by atoms with Gasteiger partial charge in [-0.15, -0.1) is 11.3 Å². The number of hydrogen-bond donors (Lipinski definition) is 1. The molecule has 0 saturated heterocycles. The predicted octanol–water partition coefficient (Wildman–Crippen LogP) is 4.38. The molecule has 0 aliphatic heterocycles. The number of anilines is 1. The van der Waals surface area contributed by atoms with Crippen LogP contribution >= 0.6 is 22.9 Å². The Morgan fingerprint density at radius 1 is 1.30 bits per heavy atom. The maximum Gasteiger partial charge on any atom is 0.417 e. The fraction of sp³-hybridized carbons (Fsp3) is 0.333. The number of nitrogens with one attached hydrogen (secondary N) is 1. The van der Waals surface area contributed by atoms with Gasteiger partial charge < -0.3 is 5.32 Å². The van der Waals surface area contributed by atoms with Gasteiger partial charge in [0, 0.05) is 17.3 Å². The number of aryl methyl sites for hydroxylation is 1. The van der Waals surface area contributed by atoms with Crippen LogP contribution < -0.4 is 5.32 Å². The zero-order chi connectivity index (χ0) is 14.8. The molecule has 2 aromatic heterocycles. The molecular formula is C12H11ClF3N3S. The Morgan fingerprint density at radius 2 is 2.05 bits per heavy atom. The summed E-state index contributed by atoms with van der Waals surface area (Å²) in [4.78, 5) is 9.04. The number of rotatable bonds is 4. The molecule has 2 heterocycles. The average Bonchev–Trinajstić information content (AvgIpc) is 2.84. The van der Waals surface area contributed by atoms with Crippen molar-refractivity contribution in [1.29, 1.82) is 0 Å². The van der Waals surface area contributed by atoms with Gasteiger partial charge in [-0.25, -0.2) is 9.97 Å². The van der Waals surface area contributed by atoms with E-state index in [0.29, 0.717) is 6.54 Å². The molecule has 8 heteroatoms. The molecule has 0 radical (unpaired) electrons. The Balaban J connectivity index is 2.06. The van der Waals surface area contributed by atoms with Gasteiger partial charge in [0.1, 0.15) is 10.8 Å². The van der Waals surface area contributed by atoms with E-state index < -0.39 is 11.7 Å². The fourth-order valence-corrected chi connectivity index (χ4v) is 2.51. The third-order valence-corrected chi connectivity index (χ3v) is 3.96. The van der Waals surface area contributed by atoms with Gasteiger partial charge in [0.2, 0.25) is 0 Å². The highest BCUT2D eigenvalue weighted by molar-refractivity contribution is 7.11. The minimum Gasteiger partial charge on any atom is -0.362 e. The zero-order valence-corrected chi connectivity index (χ0v) is 12.0. The van der Waals surface area contributed by atoms with Crippen molar-refractivity contribution in [1.82, 2.24) is 9.97 Å². The fourth-order valence-electron chi connectivity index (χ4n) is 1.48. The van der Waals surface area contributed by atoms with Gasteiger partial charge in [0.25, 0.3) is 0 Å². The van der Waals surface area contributed by atoms with Crippen LogP contribution in [0.3, 0.4) is 0 Å². The molecule has 0 unspecified atom stereocenters. The van der Waals surface area contributed by atoms with Gasteiger partial charge in [-0.1, -0.05) is 18.5 Å². The Morgan fingerprint density at radius 3 is 2.60 bits per heavy atom. The molecule has 1 N–H and O–H groups in total. The SMILES string of the molecule is CCc1cnc(CNc2ncc(C(F)(F)F)cc2Cl)s1. The lowest BCUT2D eigenvalue weighted by Crippen LogP contribution is -2.07. The summed E-state index contributed by atoms with van der Waals surface area (Å²) < 4.78 is 37.4. The number of alkyl halides is 3. The second-order valence-corrected chi connectivity index (χ2v) is 5.59. The lowest BCUT2D eigenvalue weighted by Gasteiger charge is -2.09. The largest absolute Gasteiger partial charge is 0.417 e. The molecule has 0 aliphatic rings. The number of hydrogen-bond acceptors (Lipinski definition) is 4. The van der Waals surface area contributed by atoms with Crippen molar-refractivity contribution in [3.8, 4) is 0 Å². The third kappa shape index (κ3) is 3.61. The van der Waals surface area contributed by atoms with Gasteiger partial charge in [-0.3, -0.25) is 0 Å². The van der Waals surface area contributed by atoms with Crippen molar-refractivity contribution >= 4 is 28.8 Å². The Labute approximate surface area is 122 Å². The molecule has 0 atom stereocenters. The third-order valence-electron chi connectivity index (χ3n) is 2.53. The molecule has 0 bridgehead atoms. The quantitative estimate of drug-likeness (QED) is 0.907. The van der Waals surface area contributed by atoms with Crippen LogP contribution in [-0.2, 0) is 19.1 Å². The average molecular weight is 322 g/mol. The first kappa shape index (κ1) is 15.1. The van der Waals surface area contributed by atoms with Crippen LogP contribution in [0, 0.1) is 0 Å². The van der Waals surface area contributed by atoms with Crippen LogP contribution in [0.4, 0.5) is 19.0 Å². The van der Waals surface area contributed by atoms with Crippen molar-refractivity contribution in [2.24, 2.45) is 0 Å². The molecule has 0 saturated carbocycles. The van der Waals surface area contributed by atoms with Crippen LogP contribution in [0.15, 0.2) is 18.5 Å².